The molecule has 0 saturated carbocycles. The van der Waals surface area contributed by atoms with Gasteiger partial charge < -0.3 is 15.4 Å². The quantitative estimate of drug-likeness (QED) is 0.654. The van der Waals surface area contributed by atoms with Gasteiger partial charge in [0.15, 0.2) is 0 Å². The van der Waals surface area contributed by atoms with Crippen LogP contribution in [0.2, 0.25) is 0 Å². The minimum absolute atomic E-state index is 0.220. The predicted octanol–water partition coefficient (Wildman–Crippen LogP) is 3.02. The number of anilines is 1. The number of carbonyl (C=O) groups is 1. The summed E-state index contributed by atoms with van der Waals surface area (Å²) in [5, 5.41) is 4.50. The molecule has 1 amide bonds. The molecule has 170 valence electrons. The zero-order valence-corrected chi connectivity index (χ0v) is 19.0. The maximum absolute atomic E-state index is 12.2. The molecule has 2 N–H and O–H groups in total. The maximum atomic E-state index is 12.2. The van der Waals surface area contributed by atoms with Crippen molar-refractivity contribution in [2.24, 2.45) is 0 Å². The van der Waals surface area contributed by atoms with Crippen molar-refractivity contribution in [3.63, 3.8) is 0 Å². The summed E-state index contributed by atoms with van der Waals surface area (Å²) in [6.45, 7) is 10.6. The molecule has 32 heavy (non-hydrogen) atoms. The largest absolute Gasteiger partial charge is 0.444 e. The van der Waals surface area contributed by atoms with Crippen LogP contribution in [-0.4, -0.2) is 74.0 Å². The predicted molar refractivity (Wildman–Crippen MR) is 124 cm³/mol. The number of nitrogen functional groups attached to an aromatic ring is 1. The van der Waals surface area contributed by atoms with Crippen molar-refractivity contribution in [1.29, 1.82) is 0 Å². The number of amides is 1. The van der Waals surface area contributed by atoms with Gasteiger partial charge in [-0.2, -0.15) is 5.10 Å². The van der Waals surface area contributed by atoms with Crippen LogP contribution < -0.4 is 5.73 Å². The van der Waals surface area contributed by atoms with Gasteiger partial charge in [-0.3, -0.25) is 14.6 Å². The number of ether oxygens (including phenoxy) is 1. The van der Waals surface area contributed by atoms with Gasteiger partial charge in [-0.15, -0.1) is 0 Å². The van der Waals surface area contributed by atoms with Gasteiger partial charge >= 0.3 is 6.09 Å². The van der Waals surface area contributed by atoms with Crippen molar-refractivity contribution in [2.75, 3.05) is 38.5 Å². The van der Waals surface area contributed by atoms with E-state index in [4.69, 9.17) is 10.5 Å². The molecule has 4 rings (SSSR count). The summed E-state index contributed by atoms with van der Waals surface area (Å²) in [5.74, 6) is 0.485. The van der Waals surface area contributed by atoms with Crippen molar-refractivity contribution >= 4 is 22.9 Å². The van der Waals surface area contributed by atoms with Gasteiger partial charge in [0.05, 0.1) is 17.2 Å². The fraction of sp³-hybridized carbons (Fsp3) is 0.478. The number of aryl methyl sites for hydroxylation is 1. The van der Waals surface area contributed by atoms with Crippen molar-refractivity contribution in [2.45, 2.75) is 39.3 Å². The Kier molecular flexibility index (Phi) is 6.27. The van der Waals surface area contributed by atoms with Crippen LogP contribution in [0.25, 0.3) is 22.2 Å². The first-order valence-corrected chi connectivity index (χ1v) is 11.0. The first-order valence-electron chi connectivity index (χ1n) is 11.0. The monoisotopic (exact) mass is 437 g/mol. The Bertz CT molecular complexity index is 1080. The lowest BCUT2D eigenvalue weighted by atomic mass is 10.1. The number of pyridine rings is 2. The van der Waals surface area contributed by atoms with Crippen molar-refractivity contribution in [1.82, 2.24) is 29.5 Å². The van der Waals surface area contributed by atoms with Gasteiger partial charge in [-0.05, 0) is 45.4 Å². The molecule has 0 aromatic carbocycles. The van der Waals surface area contributed by atoms with Gasteiger partial charge in [0, 0.05) is 62.8 Å². The van der Waals surface area contributed by atoms with Crippen molar-refractivity contribution in [3.05, 3.63) is 36.8 Å². The summed E-state index contributed by atoms with van der Waals surface area (Å²) < 4.78 is 7.42. The van der Waals surface area contributed by atoms with Gasteiger partial charge in [0.25, 0.3) is 0 Å². The maximum Gasteiger partial charge on any atom is 0.410 e. The fourth-order valence-electron chi connectivity index (χ4n) is 3.75. The lowest BCUT2D eigenvalue weighted by Crippen LogP contribution is -2.50. The van der Waals surface area contributed by atoms with E-state index in [1.807, 2.05) is 56.2 Å². The second-order valence-electron chi connectivity index (χ2n) is 9.15. The minimum Gasteiger partial charge on any atom is -0.444 e. The van der Waals surface area contributed by atoms with E-state index in [0.717, 1.165) is 54.8 Å². The highest BCUT2D eigenvalue weighted by Gasteiger charge is 2.25. The third-order valence-corrected chi connectivity index (χ3v) is 5.41. The van der Waals surface area contributed by atoms with Crippen LogP contribution in [-0.2, 0) is 11.3 Å². The molecule has 0 radical (unpaired) electrons. The van der Waals surface area contributed by atoms with Crippen molar-refractivity contribution < 1.29 is 9.53 Å². The summed E-state index contributed by atoms with van der Waals surface area (Å²) in [4.78, 5) is 25.2. The normalized spacial score (nSPS) is 15.3. The molecule has 1 aliphatic heterocycles. The molecule has 0 atom stereocenters. The van der Waals surface area contributed by atoms with E-state index in [0.29, 0.717) is 18.9 Å². The van der Waals surface area contributed by atoms with E-state index in [1.165, 1.54) is 0 Å². The Balaban J connectivity index is 1.25. The first-order chi connectivity index (χ1) is 15.3. The number of fused-ring (bicyclic) bond motifs is 1. The lowest BCUT2D eigenvalue weighted by Gasteiger charge is -2.35. The third-order valence-electron chi connectivity index (χ3n) is 5.41. The third kappa shape index (κ3) is 5.53. The molecule has 0 unspecified atom stereocenters. The first kappa shape index (κ1) is 22.0. The average Bonchev–Trinajstić information content (AvgIpc) is 3.21. The summed E-state index contributed by atoms with van der Waals surface area (Å²) in [5.41, 5.74) is 8.92. The van der Waals surface area contributed by atoms with Gasteiger partial charge in [-0.1, -0.05) is 0 Å². The second kappa shape index (κ2) is 9.12. The molecular formula is C23H31N7O2. The Hall–Kier alpha value is -3.20. The number of nitrogens with two attached hydrogens (primary N) is 1. The molecule has 3 aromatic heterocycles. The average molecular weight is 438 g/mol. The molecule has 1 fully saturated rings. The smallest absolute Gasteiger partial charge is 0.410 e. The lowest BCUT2D eigenvalue weighted by molar-refractivity contribution is 0.0143. The Labute approximate surface area is 188 Å². The van der Waals surface area contributed by atoms with Gasteiger partial charge in [-0.25, -0.2) is 9.78 Å². The topological polar surface area (TPSA) is 102 Å². The van der Waals surface area contributed by atoms with E-state index in [2.05, 4.69) is 20.0 Å². The van der Waals surface area contributed by atoms with E-state index in [-0.39, 0.29) is 6.09 Å². The van der Waals surface area contributed by atoms with Gasteiger partial charge in [0.2, 0.25) is 0 Å². The molecule has 1 saturated heterocycles. The van der Waals surface area contributed by atoms with E-state index in [1.54, 1.807) is 11.0 Å². The summed E-state index contributed by atoms with van der Waals surface area (Å²) >= 11 is 0. The molecule has 3 aromatic rings. The standard InChI is InChI=1S/C23H31N7O2/c1-23(2,3)32-22(31)29-11-9-28(10-12-29)7-4-8-30-16-18(15-26-30)17-13-20-19(25-14-17)5-6-21(24)27-20/h5-6,13-16H,4,7-12H2,1-3H3,(H2,24,27). The highest BCUT2D eigenvalue weighted by molar-refractivity contribution is 5.81. The second-order valence-corrected chi connectivity index (χ2v) is 9.15. The summed E-state index contributed by atoms with van der Waals surface area (Å²) in [7, 11) is 0. The van der Waals surface area contributed by atoms with E-state index >= 15 is 0 Å². The molecule has 4 heterocycles. The van der Waals surface area contributed by atoms with E-state index in [9.17, 15) is 4.79 Å². The van der Waals surface area contributed by atoms with E-state index < -0.39 is 5.60 Å². The molecule has 0 bridgehead atoms. The minimum atomic E-state index is -0.455. The molecule has 0 spiro atoms. The zero-order valence-electron chi connectivity index (χ0n) is 19.0. The number of rotatable bonds is 5. The van der Waals surface area contributed by atoms with Crippen LogP contribution in [0, 0.1) is 0 Å². The van der Waals surface area contributed by atoms with Gasteiger partial charge in [0.1, 0.15) is 11.4 Å². The van der Waals surface area contributed by atoms with Crippen LogP contribution in [0.5, 0.6) is 0 Å². The van der Waals surface area contributed by atoms with Crippen LogP contribution >= 0.6 is 0 Å². The van der Waals surface area contributed by atoms with Crippen LogP contribution in [0.15, 0.2) is 36.8 Å². The van der Waals surface area contributed by atoms with Crippen LogP contribution in [0.4, 0.5) is 10.6 Å². The zero-order chi connectivity index (χ0) is 22.7. The Morgan fingerprint density at radius 3 is 2.59 bits per heavy atom. The highest BCUT2D eigenvalue weighted by atomic mass is 16.6. The van der Waals surface area contributed by atoms with Crippen LogP contribution in [0.1, 0.15) is 27.2 Å². The Morgan fingerprint density at radius 1 is 1.06 bits per heavy atom. The number of hydrogen-bond acceptors (Lipinski definition) is 7. The highest BCUT2D eigenvalue weighted by Crippen LogP contribution is 2.22. The number of carbonyl (C=O) groups excluding carboxylic acids is 1. The van der Waals surface area contributed by atoms with Crippen LogP contribution in [0.3, 0.4) is 0 Å². The number of nitrogens with zero attached hydrogens (tertiary/aromatic N) is 6. The molecule has 9 heteroatoms. The molecule has 9 nitrogen and oxygen atoms in total. The molecule has 1 aliphatic rings. The summed E-state index contributed by atoms with van der Waals surface area (Å²) in [6, 6.07) is 5.62. The summed E-state index contributed by atoms with van der Waals surface area (Å²) in [6.07, 6.45) is 6.50. The fourth-order valence-corrected chi connectivity index (χ4v) is 3.75. The molecular weight excluding hydrogens is 406 g/mol. The number of piperazine rings is 1. The number of hydrogen-bond donors (Lipinski definition) is 1. The SMILES string of the molecule is CC(C)(C)OC(=O)N1CCN(CCCn2cc(-c3cnc4ccc(N)nc4c3)cn2)CC1. The molecule has 0 aliphatic carbocycles. The number of aromatic nitrogens is 4. The van der Waals surface area contributed by atoms with Crippen molar-refractivity contribution in [3.8, 4) is 11.1 Å². The Morgan fingerprint density at radius 2 is 1.84 bits per heavy atom.